The standard InChI is InChI=1S/C20H25NO4S/c1-23-16-8-6-15(7-9-16)5-4-12-21-20(22)14-26-17-10-11-18(24-2)19(13-17)25-3/h6-11,13H,4-5,12,14H2,1-3H3,(H,21,22). The second-order valence-electron chi connectivity index (χ2n) is 5.61. The van der Waals surface area contributed by atoms with Crippen molar-refractivity contribution in [2.24, 2.45) is 0 Å². The Labute approximate surface area is 159 Å². The van der Waals surface area contributed by atoms with Crippen LogP contribution in [0.2, 0.25) is 0 Å². The van der Waals surface area contributed by atoms with Gasteiger partial charge in [0.25, 0.3) is 0 Å². The molecule has 0 radical (unpaired) electrons. The first-order chi connectivity index (χ1) is 12.7. The molecule has 2 aromatic carbocycles. The lowest BCUT2D eigenvalue weighted by Gasteiger charge is -2.09. The molecule has 0 saturated carbocycles. The highest BCUT2D eigenvalue weighted by Gasteiger charge is 2.07. The van der Waals surface area contributed by atoms with Gasteiger partial charge in [0.2, 0.25) is 5.91 Å². The molecule has 0 atom stereocenters. The number of methoxy groups -OCH3 is 3. The molecule has 1 N–H and O–H groups in total. The van der Waals surface area contributed by atoms with Crippen molar-refractivity contribution < 1.29 is 19.0 Å². The molecule has 0 unspecified atom stereocenters. The van der Waals surface area contributed by atoms with Crippen molar-refractivity contribution in [3.05, 3.63) is 48.0 Å². The molecule has 2 rings (SSSR count). The van der Waals surface area contributed by atoms with E-state index in [1.807, 2.05) is 42.5 Å². The molecule has 0 spiro atoms. The number of carbonyl (C=O) groups is 1. The summed E-state index contributed by atoms with van der Waals surface area (Å²) in [5.74, 6) is 2.60. The summed E-state index contributed by atoms with van der Waals surface area (Å²) < 4.78 is 15.6. The Bertz CT molecular complexity index is 703. The molecule has 0 saturated heterocycles. The molecule has 0 aliphatic heterocycles. The number of hydrogen-bond donors (Lipinski definition) is 1. The van der Waals surface area contributed by atoms with Gasteiger partial charge in [-0.25, -0.2) is 0 Å². The number of amides is 1. The van der Waals surface area contributed by atoms with E-state index in [-0.39, 0.29) is 5.91 Å². The fraction of sp³-hybridized carbons (Fsp3) is 0.350. The van der Waals surface area contributed by atoms with Crippen LogP contribution in [0.4, 0.5) is 0 Å². The molecule has 0 aliphatic carbocycles. The van der Waals surface area contributed by atoms with E-state index in [0.29, 0.717) is 23.8 Å². The Morgan fingerprint density at radius 1 is 0.962 bits per heavy atom. The van der Waals surface area contributed by atoms with Crippen LogP contribution in [0, 0.1) is 0 Å². The highest BCUT2D eigenvalue weighted by Crippen LogP contribution is 2.31. The third-order valence-electron chi connectivity index (χ3n) is 3.85. The number of rotatable bonds is 10. The van der Waals surface area contributed by atoms with Gasteiger partial charge in [-0.15, -0.1) is 11.8 Å². The minimum absolute atomic E-state index is 0.0273. The van der Waals surface area contributed by atoms with Gasteiger partial charge < -0.3 is 19.5 Å². The zero-order chi connectivity index (χ0) is 18.8. The Morgan fingerprint density at radius 2 is 1.69 bits per heavy atom. The van der Waals surface area contributed by atoms with Crippen LogP contribution >= 0.6 is 11.8 Å². The van der Waals surface area contributed by atoms with Gasteiger partial charge in [0.05, 0.1) is 27.1 Å². The Hall–Kier alpha value is -2.34. The number of benzene rings is 2. The van der Waals surface area contributed by atoms with Crippen LogP contribution in [0.5, 0.6) is 17.2 Å². The summed E-state index contributed by atoms with van der Waals surface area (Å²) in [5.41, 5.74) is 1.24. The number of carbonyl (C=O) groups excluding carboxylic acids is 1. The average molecular weight is 375 g/mol. The third-order valence-corrected chi connectivity index (χ3v) is 4.84. The molecule has 0 fully saturated rings. The number of thioether (sulfide) groups is 1. The summed E-state index contributed by atoms with van der Waals surface area (Å²) in [6, 6.07) is 13.6. The lowest BCUT2D eigenvalue weighted by molar-refractivity contribution is -0.118. The van der Waals surface area contributed by atoms with Crippen LogP contribution < -0.4 is 19.5 Å². The van der Waals surface area contributed by atoms with E-state index >= 15 is 0 Å². The first-order valence-corrected chi connectivity index (χ1v) is 9.39. The maximum absolute atomic E-state index is 12.0. The second-order valence-corrected chi connectivity index (χ2v) is 6.66. The van der Waals surface area contributed by atoms with Crippen molar-refractivity contribution in [2.45, 2.75) is 17.7 Å². The number of hydrogen-bond acceptors (Lipinski definition) is 5. The molecule has 0 heterocycles. The lowest BCUT2D eigenvalue weighted by Crippen LogP contribution is -2.26. The molecule has 1 amide bonds. The number of ether oxygens (including phenoxy) is 3. The first kappa shape index (κ1) is 20.0. The van der Waals surface area contributed by atoms with E-state index in [1.165, 1.54) is 17.3 Å². The third kappa shape index (κ3) is 6.19. The summed E-state index contributed by atoms with van der Waals surface area (Å²) in [5, 5.41) is 2.96. The zero-order valence-corrected chi connectivity index (χ0v) is 16.2. The quantitative estimate of drug-likeness (QED) is 0.508. The molecule has 0 bridgehead atoms. The van der Waals surface area contributed by atoms with E-state index in [0.717, 1.165) is 23.5 Å². The predicted molar refractivity (Wildman–Crippen MR) is 105 cm³/mol. The van der Waals surface area contributed by atoms with E-state index in [9.17, 15) is 4.79 Å². The Kier molecular flexibility index (Phi) is 8.15. The van der Waals surface area contributed by atoms with Crippen LogP contribution in [-0.4, -0.2) is 39.5 Å². The second kappa shape index (κ2) is 10.6. The first-order valence-electron chi connectivity index (χ1n) is 8.40. The number of nitrogens with one attached hydrogen (secondary N) is 1. The fourth-order valence-electron chi connectivity index (χ4n) is 2.42. The topological polar surface area (TPSA) is 56.8 Å². The van der Waals surface area contributed by atoms with Crippen molar-refractivity contribution in [1.82, 2.24) is 5.32 Å². The van der Waals surface area contributed by atoms with Gasteiger partial charge in [-0.3, -0.25) is 4.79 Å². The zero-order valence-electron chi connectivity index (χ0n) is 15.4. The van der Waals surface area contributed by atoms with Gasteiger partial charge in [-0.2, -0.15) is 0 Å². The van der Waals surface area contributed by atoms with Gasteiger partial charge in [0, 0.05) is 11.4 Å². The van der Waals surface area contributed by atoms with Crippen LogP contribution in [-0.2, 0) is 11.2 Å². The van der Waals surface area contributed by atoms with Gasteiger partial charge >= 0.3 is 0 Å². The van der Waals surface area contributed by atoms with Gasteiger partial charge in [-0.05, 0) is 48.7 Å². The minimum atomic E-state index is 0.0273. The van der Waals surface area contributed by atoms with Gasteiger partial charge in [0.1, 0.15) is 5.75 Å². The van der Waals surface area contributed by atoms with Crippen LogP contribution in [0.15, 0.2) is 47.4 Å². The highest BCUT2D eigenvalue weighted by molar-refractivity contribution is 8.00. The highest BCUT2D eigenvalue weighted by atomic mass is 32.2. The van der Waals surface area contributed by atoms with Gasteiger partial charge in [-0.1, -0.05) is 12.1 Å². The Morgan fingerprint density at radius 3 is 2.35 bits per heavy atom. The van der Waals surface area contributed by atoms with Crippen molar-refractivity contribution in [3.63, 3.8) is 0 Å². The van der Waals surface area contributed by atoms with Crippen molar-refractivity contribution in [2.75, 3.05) is 33.6 Å². The minimum Gasteiger partial charge on any atom is -0.497 e. The SMILES string of the molecule is COc1ccc(CCCNC(=O)CSc2ccc(OC)c(OC)c2)cc1. The van der Waals surface area contributed by atoms with E-state index in [4.69, 9.17) is 14.2 Å². The maximum Gasteiger partial charge on any atom is 0.230 e. The molecule has 0 aromatic heterocycles. The molecule has 5 nitrogen and oxygen atoms in total. The summed E-state index contributed by atoms with van der Waals surface area (Å²) in [4.78, 5) is 13.0. The van der Waals surface area contributed by atoms with Crippen molar-refractivity contribution >= 4 is 17.7 Å². The molecular weight excluding hydrogens is 350 g/mol. The normalized spacial score (nSPS) is 10.3. The Balaban J connectivity index is 1.68. The summed E-state index contributed by atoms with van der Waals surface area (Å²) in [6.45, 7) is 0.664. The van der Waals surface area contributed by atoms with Gasteiger partial charge in [0.15, 0.2) is 11.5 Å². The molecule has 140 valence electrons. The molecule has 26 heavy (non-hydrogen) atoms. The molecule has 6 heteroatoms. The molecule has 2 aromatic rings. The largest absolute Gasteiger partial charge is 0.497 e. The summed E-state index contributed by atoms with van der Waals surface area (Å²) in [7, 11) is 4.86. The average Bonchev–Trinajstić information content (AvgIpc) is 2.69. The monoisotopic (exact) mass is 375 g/mol. The van der Waals surface area contributed by atoms with E-state index in [1.54, 1.807) is 21.3 Å². The van der Waals surface area contributed by atoms with Crippen molar-refractivity contribution in [1.29, 1.82) is 0 Å². The van der Waals surface area contributed by atoms with Crippen LogP contribution in [0.1, 0.15) is 12.0 Å². The van der Waals surface area contributed by atoms with Crippen LogP contribution in [0.25, 0.3) is 0 Å². The summed E-state index contributed by atoms with van der Waals surface area (Å²) >= 11 is 1.47. The lowest BCUT2D eigenvalue weighted by atomic mass is 10.1. The van der Waals surface area contributed by atoms with Crippen molar-refractivity contribution in [3.8, 4) is 17.2 Å². The maximum atomic E-state index is 12.0. The molecular formula is C20H25NO4S. The van der Waals surface area contributed by atoms with E-state index < -0.39 is 0 Å². The smallest absolute Gasteiger partial charge is 0.230 e. The molecule has 0 aliphatic rings. The summed E-state index contributed by atoms with van der Waals surface area (Å²) in [6.07, 6.45) is 1.83. The number of aryl methyl sites for hydroxylation is 1. The van der Waals surface area contributed by atoms with E-state index in [2.05, 4.69) is 5.32 Å². The fourth-order valence-corrected chi connectivity index (χ4v) is 3.17. The predicted octanol–water partition coefficient (Wildman–Crippen LogP) is 3.55. The van der Waals surface area contributed by atoms with Crippen LogP contribution in [0.3, 0.4) is 0 Å².